The maximum Gasteiger partial charge on any atom is 1.00 e. The van der Waals surface area contributed by atoms with Crippen molar-refractivity contribution in [2.24, 2.45) is 34.5 Å². The number of carbonyl (C=O) groups excluding carboxylic acids is 1. The smallest absolute Gasteiger partial charge is 0.726 e. The fourth-order valence-corrected chi connectivity index (χ4v) is 16.0. The number of hydrogen-bond acceptors (Lipinski definition) is 27. The van der Waals surface area contributed by atoms with Crippen molar-refractivity contribution in [3.63, 3.8) is 0 Å². The van der Waals surface area contributed by atoms with E-state index in [1.54, 1.807) is 6.92 Å². The molecule has 11 N–H and O–H groups in total. The number of allylic oxidation sites excluding steroid dienone is 4. The number of Topliss-reactive ketones (excluding diaryl/α,β-unsaturated/α-hetero) is 1. The Hall–Kier alpha value is -0.860. The average Bonchev–Trinajstić information content (AvgIpc) is 1.32. The van der Waals surface area contributed by atoms with Gasteiger partial charge in [-0.1, -0.05) is 37.1 Å². The van der Waals surface area contributed by atoms with Gasteiger partial charge in [-0.05, 0) is 122 Å². The quantitative estimate of drug-likeness (QED) is 0.0283. The second-order valence-corrected chi connectivity index (χ2v) is 27.2. The van der Waals surface area contributed by atoms with Crippen LogP contribution in [0.2, 0.25) is 0 Å². The number of rotatable bonds is 17. The summed E-state index contributed by atoms with van der Waals surface area (Å²) in [7, 11) is -3.89. The molecule has 29 heteroatoms. The van der Waals surface area contributed by atoms with Gasteiger partial charge in [0.05, 0.1) is 43.2 Å². The molecule has 9 rings (SSSR count). The Morgan fingerprint density at radius 1 is 0.651 bits per heavy atom. The Bertz CT molecular complexity index is 2490. The molecule has 33 atom stereocenters. The number of aliphatic hydroxyl groups excluding tert-OH is 10. The van der Waals surface area contributed by atoms with Gasteiger partial charge in [0.1, 0.15) is 97.2 Å². The van der Waals surface area contributed by atoms with Gasteiger partial charge in [-0.2, -0.15) is 0 Å². The van der Waals surface area contributed by atoms with E-state index in [2.05, 4.69) is 19.9 Å². The third-order valence-electron chi connectivity index (χ3n) is 20.5. The van der Waals surface area contributed by atoms with Crippen molar-refractivity contribution in [2.75, 3.05) is 13.7 Å². The number of ketones is 1. The van der Waals surface area contributed by atoms with Crippen LogP contribution in [0.4, 0.5) is 0 Å². The van der Waals surface area contributed by atoms with Crippen LogP contribution in [0.3, 0.4) is 0 Å². The Labute approximate surface area is 523 Å². The maximum atomic E-state index is 13.7. The molecule has 5 aliphatic heterocycles. The van der Waals surface area contributed by atoms with Crippen molar-refractivity contribution >= 4 is 16.2 Å². The van der Waals surface area contributed by atoms with Gasteiger partial charge in [0.25, 0.3) is 0 Å². The van der Waals surface area contributed by atoms with Crippen LogP contribution in [0.15, 0.2) is 23.3 Å². The van der Waals surface area contributed by atoms with Crippen molar-refractivity contribution < 1.29 is 160 Å². The van der Waals surface area contributed by atoms with E-state index in [0.29, 0.717) is 32.1 Å². The predicted molar refractivity (Wildman–Crippen MR) is 287 cm³/mol. The maximum absolute atomic E-state index is 13.7. The first-order valence-electron chi connectivity index (χ1n) is 29.8. The van der Waals surface area contributed by atoms with E-state index in [9.17, 15) is 73.9 Å². The van der Waals surface area contributed by atoms with E-state index in [4.69, 9.17) is 56.3 Å². The molecule has 0 aromatic carbocycles. The molecule has 0 aromatic heterocycles. The summed E-state index contributed by atoms with van der Waals surface area (Å²) in [6.45, 7) is 14.8. The minimum absolute atomic E-state index is 0. The molecule has 27 nitrogen and oxygen atoms in total. The summed E-state index contributed by atoms with van der Waals surface area (Å²) in [5.74, 6) is -1.44. The Balaban J connectivity index is 0.00000961. The predicted octanol–water partition coefficient (Wildman–Crippen LogP) is -4.41. The molecule has 0 bridgehead atoms. The summed E-state index contributed by atoms with van der Waals surface area (Å²) in [6.07, 6.45) is -32.8. The van der Waals surface area contributed by atoms with Gasteiger partial charge in [0, 0.05) is 19.4 Å². The molecule has 3 saturated carbocycles. The molecule has 8 fully saturated rings. The number of ether oxygens (including phenoxy) is 11. The molecular formula is C57H91NaO27S. The van der Waals surface area contributed by atoms with Crippen LogP contribution >= 0.6 is 0 Å². The molecule has 18 unspecified atom stereocenters. The summed E-state index contributed by atoms with van der Waals surface area (Å²) >= 11 is 0. The van der Waals surface area contributed by atoms with E-state index in [0.717, 1.165) is 11.1 Å². The van der Waals surface area contributed by atoms with Crippen LogP contribution in [0, 0.1) is 34.5 Å². The largest absolute Gasteiger partial charge is 1.00 e. The van der Waals surface area contributed by atoms with E-state index >= 15 is 0 Å². The third kappa shape index (κ3) is 13.9. The average molecular weight is 1260 g/mol. The molecule has 0 radical (unpaired) electrons. The number of aliphatic hydroxyl groups is 11. The second-order valence-electron chi connectivity index (χ2n) is 26.2. The Morgan fingerprint density at radius 2 is 1.17 bits per heavy atom. The summed E-state index contributed by atoms with van der Waals surface area (Å²) in [5.41, 5.74) is -0.778. The number of methoxy groups -OCH3 is 1. The van der Waals surface area contributed by atoms with Crippen molar-refractivity contribution in [1.82, 2.24) is 0 Å². The zero-order chi connectivity index (χ0) is 62.3. The van der Waals surface area contributed by atoms with Crippen LogP contribution in [0.25, 0.3) is 0 Å². The Kier molecular flexibility index (Phi) is 22.8. The molecule has 0 aromatic rings. The zero-order valence-electron chi connectivity index (χ0n) is 50.7. The van der Waals surface area contributed by atoms with Gasteiger partial charge in [-0.15, -0.1) is 0 Å². The van der Waals surface area contributed by atoms with E-state index in [-0.39, 0.29) is 66.4 Å². The molecule has 5 heterocycles. The van der Waals surface area contributed by atoms with Gasteiger partial charge in [-0.25, -0.2) is 8.42 Å². The standard InChI is InChI=1S/C57H92O27S.Na/c1-22(2)11-14-35(58)57(9,69)34-13-12-29-28-20-32(31-19-27(84-85(70,71)72)15-17-55(31,7)30(28)16-18-56(29,34)8)79-51-45(68)47(39(62)26(6)76-51)81-53-48(82-52-44(67)46(73-10)38(61)25(5)77-52)40(63)33(21-74-53)80-54-49(42(65)37(60)24(4)78-54)83-50-43(66)41(64)36(59)23(3)75-50;/h11,16,23-29,31-34,36-54,59-69H,12-15,17-21H2,1-10H3,(H,70,71,72);/q;+1/p-1/t23?,24?,25?,26?,27?,28?,29?,31?,32?,33-,34+,36+,37-,38-,39-,40?,41?,42+,43+,44?,45?,46+,47?,48?,49?,50+,51?,52+,53?,54+,55-,56+,57-;/m1./s1. The van der Waals surface area contributed by atoms with Crippen molar-refractivity contribution in [1.29, 1.82) is 0 Å². The summed E-state index contributed by atoms with van der Waals surface area (Å²) in [6, 6.07) is 0. The second kappa shape index (κ2) is 27.6. The SMILES string of the molecule is CO[C@@H]1C(O)[C@H](OC2C(OC3C(O)C(OC4CC5C(=CC[C@@]6(C)C5CC[C@@H]6[C@@](C)(O)C(=O)CC=C(C)C)[C@@]5(C)CCC(OS(=O)(=O)[O-])CC45)OC(C)[C@H]3O)OC[C@@H](O[C@@H]3OC(C)[C@@H](O)[C@H](O)C3O[C@@H]3OC(C)[C@H](O)C(O)[C@@H]3O)C2O)OC(C)[C@H]1O.[Na+]. The minimum atomic E-state index is -5.13. The van der Waals surface area contributed by atoms with Crippen molar-refractivity contribution in [3.05, 3.63) is 23.3 Å². The fourth-order valence-electron chi connectivity index (χ4n) is 15.5. The van der Waals surface area contributed by atoms with Crippen LogP contribution < -0.4 is 29.6 Å². The van der Waals surface area contributed by atoms with Crippen molar-refractivity contribution in [2.45, 2.75) is 279 Å². The normalized spacial score (nSPS) is 50.5. The molecule has 4 aliphatic carbocycles. The number of carbonyl (C=O) groups is 1. The van der Waals surface area contributed by atoms with E-state index in [1.807, 2.05) is 19.9 Å². The molecule has 488 valence electrons. The fraction of sp³-hybridized carbons (Fsp3) is 0.912. The summed E-state index contributed by atoms with van der Waals surface area (Å²) < 4.78 is 108. The molecule has 86 heavy (non-hydrogen) atoms. The van der Waals surface area contributed by atoms with Gasteiger partial charge in [0.15, 0.2) is 37.2 Å². The first-order chi connectivity index (χ1) is 39.7. The third-order valence-corrected chi connectivity index (χ3v) is 21.0. The monoisotopic (exact) mass is 1260 g/mol. The topological polar surface area (TPSA) is 408 Å². The first-order valence-corrected chi connectivity index (χ1v) is 31.1. The molecular weight excluding hydrogens is 1170 g/mol. The molecule has 0 amide bonds. The van der Waals surface area contributed by atoms with Gasteiger partial charge < -0.3 is 113 Å². The molecule has 0 spiro atoms. The molecule has 9 aliphatic rings. The minimum Gasteiger partial charge on any atom is -0.726 e. The Morgan fingerprint density at radius 3 is 1.78 bits per heavy atom. The van der Waals surface area contributed by atoms with Gasteiger partial charge >= 0.3 is 29.6 Å². The van der Waals surface area contributed by atoms with Crippen LogP contribution in [-0.2, 0) is 71.5 Å². The van der Waals surface area contributed by atoms with Gasteiger partial charge in [0.2, 0.25) is 10.4 Å². The van der Waals surface area contributed by atoms with E-state index in [1.165, 1.54) is 34.8 Å². The van der Waals surface area contributed by atoms with Crippen LogP contribution in [0.5, 0.6) is 0 Å². The summed E-state index contributed by atoms with van der Waals surface area (Å²) in [5, 5.41) is 125. The number of hydrogen-bond donors (Lipinski definition) is 11. The zero-order valence-corrected chi connectivity index (χ0v) is 53.5. The van der Waals surface area contributed by atoms with Crippen LogP contribution in [0.1, 0.15) is 114 Å². The summed E-state index contributed by atoms with van der Waals surface area (Å²) in [4.78, 5) is 13.7. The van der Waals surface area contributed by atoms with E-state index < -0.39 is 205 Å². The number of fused-ring (bicyclic) bond motifs is 5. The van der Waals surface area contributed by atoms with Gasteiger partial charge in [-0.3, -0.25) is 8.98 Å². The van der Waals surface area contributed by atoms with Crippen molar-refractivity contribution in [3.8, 4) is 0 Å². The first kappa shape index (κ1) is 71.0. The molecule has 5 saturated heterocycles. The van der Waals surface area contributed by atoms with Crippen LogP contribution in [-0.4, -0.2) is 254 Å².